The number of aryl methyl sites for hydroxylation is 2. The molecule has 7 heteroatoms. The van der Waals surface area contributed by atoms with Crippen LogP contribution in [0.25, 0.3) is 0 Å². The van der Waals surface area contributed by atoms with E-state index >= 15 is 0 Å². The van der Waals surface area contributed by atoms with Gasteiger partial charge in [0.1, 0.15) is 0 Å². The average Bonchev–Trinajstić information content (AvgIpc) is 2.64. The second kappa shape index (κ2) is 10.0. The molecule has 2 aromatic carbocycles. The molecule has 29 heavy (non-hydrogen) atoms. The molecule has 0 aliphatic carbocycles. The van der Waals surface area contributed by atoms with E-state index in [4.69, 9.17) is 0 Å². The minimum absolute atomic E-state index is 0.154. The Morgan fingerprint density at radius 1 is 1.00 bits per heavy atom. The number of likely N-dealkylation sites (N-methyl/N-ethyl adjacent to an activating group) is 1. The summed E-state index contributed by atoms with van der Waals surface area (Å²) in [7, 11) is 0.113. The number of nitrogens with one attached hydrogen (secondary N) is 1. The number of rotatable bonds is 9. The van der Waals surface area contributed by atoms with Crippen LogP contribution in [-0.2, 0) is 21.4 Å². The predicted molar refractivity (Wildman–Crippen MR) is 116 cm³/mol. The van der Waals surface area contributed by atoms with Crippen molar-refractivity contribution >= 4 is 15.9 Å². The first-order chi connectivity index (χ1) is 13.6. The molecule has 158 valence electrons. The Kier molecular flexibility index (Phi) is 7.96. The smallest absolute Gasteiger partial charge is 0.241 e. The highest BCUT2D eigenvalue weighted by Crippen LogP contribution is 2.13. The number of sulfonamides is 1. The van der Waals surface area contributed by atoms with Crippen molar-refractivity contribution in [1.29, 1.82) is 0 Å². The van der Waals surface area contributed by atoms with E-state index in [0.29, 0.717) is 19.6 Å². The molecule has 1 amide bonds. The second-order valence-electron chi connectivity index (χ2n) is 7.71. The van der Waals surface area contributed by atoms with E-state index in [0.717, 1.165) is 16.7 Å². The minimum Gasteiger partial charge on any atom is -0.336 e. The molecular weight excluding hydrogens is 386 g/mol. The summed E-state index contributed by atoms with van der Waals surface area (Å²) in [4.78, 5) is 16.9. The Labute approximate surface area is 174 Å². The van der Waals surface area contributed by atoms with Crippen LogP contribution in [0.4, 0.5) is 0 Å². The Balaban J connectivity index is 2.16. The van der Waals surface area contributed by atoms with E-state index in [-0.39, 0.29) is 10.8 Å². The summed E-state index contributed by atoms with van der Waals surface area (Å²) >= 11 is 0. The van der Waals surface area contributed by atoms with E-state index in [1.54, 1.807) is 36.1 Å². The molecule has 0 unspecified atom stereocenters. The molecule has 0 bridgehead atoms. The summed E-state index contributed by atoms with van der Waals surface area (Å²) < 4.78 is 27.8. The van der Waals surface area contributed by atoms with Crippen LogP contribution in [0.1, 0.15) is 23.6 Å². The summed E-state index contributed by atoms with van der Waals surface area (Å²) in [6.45, 7) is 7.13. The van der Waals surface area contributed by atoms with Crippen molar-refractivity contribution < 1.29 is 13.2 Å². The van der Waals surface area contributed by atoms with Crippen LogP contribution in [0, 0.1) is 13.8 Å². The van der Waals surface area contributed by atoms with Gasteiger partial charge < -0.3 is 9.80 Å². The maximum atomic E-state index is 13.1. The van der Waals surface area contributed by atoms with Gasteiger partial charge in [-0.1, -0.05) is 47.5 Å². The Morgan fingerprint density at radius 2 is 1.66 bits per heavy atom. The summed E-state index contributed by atoms with van der Waals surface area (Å²) in [5.41, 5.74) is 3.11. The first kappa shape index (κ1) is 23.1. The lowest BCUT2D eigenvalue weighted by Gasteiger charge is -2.27. The van der Waals surface area contributed by atoms with Crippen molar-refractivity contribution in [3.63, 3.8) is 0 Å². The van der Waals surface area contributed by atoms with Crippen molar-refractivity contribution in [1.82, 2.24) is 14.5 Å². The maximum absolute atomic E-state index is 13.1. The summed E-state index contributed by atoms with van der Waals surface area (Å²) in [5, 5.41) is 0. The largest absolute Gasteiger partial charge is 0.336 e. The van der Waals surface area contributed by atoms with Crippen molar-refractivity contribution in [3.05, 3.63) is 65.2 Å². The molecule has 0 saturated heterocycles. The van der Waals surface area contributed by atoms with Gasteiger partial charge in [-0.2, -0.15) is 4.72 Å². The quantitative estimate of drug-likeness (QED) is 0.681. The van der Waals surface area contributed by atoms with Crippen molar-refractivity contribution in [2.75, 3.05) is 27.2 Å². The number of hydrogen-bond donors (Lipinski definition) is 1. The van der Waals surface area contributed by atoms with Crippen molar-refractivity contribution in [3.8, 4) is 0 Å². The van der Waals surface area contributed by atoms with Crippen LogP contribution in [0.15, 0.2) is 53.4 Å². The lowest BCUT2D eigenvalue weighted by Crippen LogP contribution is -2.48. The average molecular weight is 418 g/mol. The molecule has 0 aromatic heterocycles. The summed E-state index contributed by atoms with van der Waals surface area (Å²) in [5.74, 6) is -0.246. The third-order valence-corrected chi connectivity index (χ3v) is 6.17. The fourth-order valence-electron chi connectivity index (χ4n) is 2.96. The normalized spacial score (nSPS) is 12.8. The number of benzene rings is 2. The molecule has 0 aliphatic heterocycles. The summed E-state index contributed by atoms with van der Waals surface area (Å²) in [6, 6.07) is 13.7. The Bertz CT molecular complexity index is 925. The van der Waals surface area contributed by atoms with Crippen molar-refractivity contribution in [2.45, 2.75) is 38.3 Å². The van der Waals surface area contributed by atoms with Gasteiger partial charge in [-0.3, -0.25) is 4.79 Å². The number of carbonyl (C=O) groups excluding carboxylic acids is 1. The van der Waals surface area contributed by atoms with Gasteiger partial charge in [0.15, 0.2) is 0 Å². The fourth-order valence-corrected chi connectivity index (χ4v) is 4.16. The van der Waals surface area contributed by atoms with Gasteiger partial charge in [-0.15, -0.1) is 0 Å². The van der Waals surface area contributed by atoms with Crippen LogP contribution in [-0.4, -0.2) is 57.4 Å². The highest BCUT2D eigenvalue weighted by molar-refractivity contribution is 7.89. The first-order valence-electron chi connectivity index (χ1n) is 9.66. The number of hydrogen-bond acceptors (Lipinski definition) is 4. The Hall–Kier alpha value is -2.22. The van der Waals surface area contributed by atoms with Gasteiger partial charge in [-0.05, 0) is 52.6 Å². The van der Waals surface area contributed by atoms with E-state index in [9.17, 15) is 13.2 Å². The molecule has 6 nitrogen and oxygen atoms in total. The van der Waals surface area contributed by atoms with Gasteiger partial charge in [0.05, 0.1) is 10.9 Å². The van der Waals surface area contributed by atoms with Crippen LogP contribution < -0.4 is 4.72 Å². The molecule has 2 rings (SSSR count). The Morgan fingerprint density at radius 3 is 2.24 bits per heavy atom. The molecule has 1 atom stereocenters. The fraction of sp³-hybridized carbons (Fsp3) is 0.409. The van der Waals surface area contributed by atoms with Crippen LogP contribution in [0.2, 0.25) is 0 Å². The molecule has 0 saturated carbocycles. The number of nitrogens with zero attached hydrogens (tertiary/aromatic N) is 2. The highest BCUT2D eigenvalue weighted by Gasteiger charge is 2.26. The number of carbonyl (C=O) groups is 1. The molecule has 2 aromatic rings. The lowest BCUT2D eigenvalue weighted by atomic mass is 10.1. The van der Waals surface area contributed by atoms with Gasteiger partial charge in [0, 0.05) is 19.6 Å². The third-order valence-electron chi connectivity index (χ3n) is 4.62. The van der Waals surface area contributed by atoms with Crippen LogP contribution >= 0.6 is 0 Å². The topological polar surface area (TPSA) is 69.7 Å². The van der Waals surface area contributed by atoms with Gasteiger partial charge in [0.2, 0.25) is 15.9 Å². The molecule has 1 N–H and O–H groups in total. The standard InChI is InChI=1S/C22H31N3O3S/c1-17-9-11-21(12-10-17)29(27,28)23-19(3)22(26)25(14-13-24(4)5)16-20-8-6-7-18(2)15-20/h6-12,15,19,23H,13-14,16H2,1-5H3/t19-/m0/s1. The molecule has 0 aliphatic rings. The predicted octanol–water partition coefficient (Wildman–Crippen LogP) is 2.56. The zero-order valence-electron chi connectivity index (χ0n) is 17.8. The maximum Gasteiger partial charge on any atom is 0.241 e. The SMILES string of the molecule is Cc1ccc(S(=O)(=O)N[C@@H](C)C(=O)N(CCN(C)C)Cc2cccc(C)c2)cc1. The molecule has 0 heterocycles. The van der Waals surface area contributed by atoms with Gasteiger partial charge in [0.25, 0.3) is 0 Å². The first-order valence-corrected chi connectivity index (χ1v) is 11.1. The van der Waals surface area contributed by atoms with E-state index < -0.39 is 16.1 Å². The highest BCUT2D eigenvalue weighted by atomic mass is 32.2. The van der Waals surface area contributed by atoms with E-state index in [1.165, 1.54) is 0 Å². The molecule has 0 radical (unpaired) electrons. The van der Waals surface area contributed by atoms with Gasteiger partial charge in [-0.25, -0.2) is 8.42 Å². The minimum atomic E-state index is -3.77. The van der Waals surface area contributed by atoms with Gasteiger partial charge >= 0.3 is 0 Å². The molecular formula is C22H31N3O3S. The number of amides is 1. The molecule has 0 fully saturated rings. The molecule has 0 spiro atoms. The zero-order chi connectivity index (χ0) is 21.6. The van der Waals surface area contributed by atoms with Crippen LogP contribution in [0.5, 0.6) is 0 Å². The summed E-state index contributed by atoms with van der Waals surface area (Å²) in [6.07, 6.45) is 0. The lowest BCUT2D eigenvalue weighted by molar-refractivity contribution is -0.133. The van der Waals surface area contributed by atoms with E-state index in [2.05, 4.69) is 4.72 Å². The third kappa shape index (κ3) is 6.96. The second-order valence-corrected chi connectivity index (χ2v) is 9.42. The van der Waals surface area contributed by atoms with E-state index in [1.807, 2.05) is 57.1 Å². The van der Waals surface area contributed by atoms with Crippen LogP contribution in [0.3, 0.4) is 0 Å². The monoisotopic (exact) mass is 417 g/mol. The zero-order valence-corrected chi connectivity index (χ0v) is 18.7. The van der Waals surface area contributed by atoms with Crippen molar-refractivity contribution in [2.24, 2.45) is 0 Å².